The van der Waals surface area contributed by atoms with Gasteiger partial charge in [0.1, 0.15) is 0 Å². The van der Waals surface area contributed by atoms with Crippen LogP contribution in [0.1, 0.15) is 23.1 Å². The SMILES string of the molecule is [C-]#[N+]c1cc(C)c(Nc2nc(Nc3ccc(C#N)cc3)nc(OCCCN3CCOCC3)n2)c(C)c1. The Bertz CT molecular complexity index is 1250. The highest BCUT2D eigenvalue weighted by Gasteiger charge is 2.13. The molecule has 0 atom stereocenters. The summed E-state index contributed by atoms with van der Waals surface area (Å²) in [6.45, 7) is 15.9. The van der Waals surface area contributed by atoms with E-state index in [4.69, 9.17) is 21.3 Å². The zero-order chi connectivity index (χ0) is 25.3. The Balaban J connectivity index is 1.52. The Hall–Kier alpha value is -4.25. The summed E-state index contributed by atoms with van der Waals surface area (Å²) in [4.78, 5) is 19.3. The van der Waals surface area contributed by atoms with Gasteiger partial charge in [0.2, 0.25) is 11.9 Å². The molecule has 4 rings (SSSR count). The first-order valence-electron chi connectivity index (χ1n) is 11.8. The van der Waals surface area contributed by atoms with Crippen LogP contribution in [0.5, 0.6) is 6.01 Å². The summed E-state index contributed by atoms with van der Waals surface area (Å²) in [6.07, 6.45) is 0.836. The van der Waals surface area contributed by atoms with Crippen molar-refractivity contribution < 1.29 is 9.47 Å². The van der Waals surface area contributed by atoms with Crippen molar-refractivity contribution in [3.8, 4) is 12.1 Å². The van der Waals surface area contributed by atoms with Gasteiger partial charge in [0.15, 0.2) is 5.69 Å². The molecule has 184 valence electrons. The van der Waals surface area contributed by atoms with Crippen molar-refractivity contribution in [3.05, 3.63) is 64.5 Å². The number of nitriles is 1. The molecule has 10 nitrogen and oxygen atoms in total. The second-order valence-corrected chi connectivity index (χ2v) is 8.43. The minimum absolute atomic E-state index is 0.207. The number of hydrogen-bond acceptors (Lipinski definition) is 9. The van der Waals surface area contributed by atoms with E-state index in [2.05, 4.69) is 41.4 Å². The quantitative estimate of drug-likeness (QED) is 0.335. The molecule has 0 spiro atoms. The lowest BCUT2D eigenvalue weighted by Crippen LogP contribution is -2.37. The summed E-state index contributed by atoms with van der Waals surface area (Å²) >= 11 is 0. The molecule has 10 heteroatoms. The fourth-order valence-electron chi connectivity index (χ4n) is 3.88. The Morgan fingerprint density at radius 3 is 2.36 bits per heavy atom. The molecule has 1 aliphatic rings. The average molecular weight is 485 g/mol. The molecule has 2 heterocycles. The fraction of sp³-hybridized carbons (Fsp3) is 0.346. The highest BCUT2D eigenvalue weighted by atomic mass is 16.5. The van der Waals surface area contributed by atoms with E-state index in [0.29, 0.717) is 29.8 Å². The highest BCUT2D eigenvalue weighted by Crippen LogP contribution is 2.29. The first-order chi connectivity index (χ1) is 17.5. The molecule has 2 N–H and O–H groups in total. The fourth-order valence-corrected chi connectivity index (χ4v) is 3.88. The van der Waals surface area contributed by atoms with Gasteiger partial charge in [-0.2, -0.15) is 20.2 Å². The Morgan fingerprint density at radius 2 is 1.72 bits per heavy atom. The van der Waals surface area contributed by atoms with E-state index < -0.39 is 0 Å². The number of aromatic nitrogens is 3. The first-order valence-corrected chi connectivity index (χ1v) is 11.8. The summed E-state index contributed by atoms with van der Waals surface area (Å²) in [6, 6.07) is 13.0. The Kier molecular flexibility index (Phi) is 8.24. The minimum atomic E-state index is 0.207. The molecule has 1 saturated heterocycles. The lowest BCUT2D eigenvalue weighted by atomic mass is 10.1. The predicted octanol–water partition coefficient (Wildman–Crippen LogP) is 4.50. The first kappa shape index (κ1) is 24.9. The standard InChI is InChI=1S/C26H28N8O2/c1-18-15-22(28-3)16-19(2)23(18)30-25-31-24(29-21-7-5-20(17-27)6-8-21)32-26(33-25)36-12-4-9-34-10-13-35-14-11-34/h5-8,15-16H,4,9-14H2,1-2H3,(H2,29,30,31,32,33). The molecule has 1 aliphatic heterocycles. The maximum absolute atomic E-state index is 9.04. The van der Waals surface area contributed by atoms with E-state index in [1.54, 1.807) is 24.3 Å². The van der Waals surface area contributed by atoms with Crippen LogP contribution in [0.2, 0.25) is 0 Å². The second kappa shape index (κ2) is 11.9. The summed E-state index contributed by atoms with van der Waals surface area (Å²) in [5.41, 5.74) is 4.54. The lowest BCUT2D eigenvalue weighted by Gasteiger charge is -2.26. The number of rotatable bonds is 9. The summed E-state index contributed by atoms with van der Waals surface area (Å²) in [5.74, 6) is 0.638. The monoisotopic (exact) mass is 484 g/mol. The van der Waals surface area contributed by atoms with Crippen LogP contribution in [0.25, 0.3) is 4.85 Å². The molecule has 2 aromatic carbocycles. The summed E-state index contributed by atoms with van der Waals surface area (Å²) < 4.78 is 11.3. The molecule has 3 aromatic rings. The van der Waals surface area contributed by atoms with E-state index >= 15 is 0 Å². The number of benzene rings is 2. The van der Waals surface area contributed by atoms with E-state index in [9.17, 15) is 0 Å². The van der Waals surface area contributed by atoms with E-state index in [0.717, 1.165) is 61.8 Å². The lowest BCUT2D eigenvalue weighted by molar-refractivity contribution is 0.0356. The van der Waals surface area contributed by atoms with Gasteiger partial charge in [-0.15, -0.1) is 0 Å². The van der Waals surface area contributed by atoms with Crippen LogP contribution in [-0.2, 0) is 4.74 Å². The number of nitrogens with one attached hydrogen (secondary N) is 2. The van der Waals surface area contributed by atoms with Crippen LogP contribution in [0, 0.1) is 31.8 Å². The van der Waals surface area contributed by atoms with Crippen LogP contribution in [0.3, 0.4) is 0 Å². The third kappa shape index (κ3) is 6.66. The molecular formula is C26H28N8O2. The topological polar surface area (TPSA) is 113 Å². The van der Waals surface area contributed by atoms with Crippen LogP contribution in [-0.4, -0.2) is 59.3 Å². The largest absolute Gasteiger partial charge is 0.463 e. The second-order valence-electron chi connectivity index (χ2n) is 8.43. The van der Waals surface area contributed by atoms with Gasteiger partial charge in [0.05, 0.1) is 38.0 Å². The zero-order valence-corrected chi connectivity index (χ0v) is 20.4. The number of ether oxygens (including phenoxy) is 2. The molecule has 1 fully saturated rings. The molecule has 1 aromatic heterocycles. The average Bonchev–Trinajstić information content (AvgIpc) is 2.89. The molecule has 0 aliphatic carbocycles. The van der Waals surface area contributed by atoms with Crippen molar-refractivity contribution in [1.82, 2.24) is 19.9 Å². The Labute approximate surface area is 210 Å². The van der Waals surface area contributed by atoms with Crippen LogP contribution >= 0.6 is 0 Å². The van der Waals surface area contributed by atoms with Crippen molar-refractivity contribution in [3.63, 3.8) is 0 Å². The Morgan fingerprint density at radius 1 is 1.06 bits per heavy atom. The van der Waals surface area contributed by atoms with Gasteiger partial charge in [-0.05, 0) is 55.7 Å². The van der Waals surface area contributed by atoms with Gasteiger partial charge in [0, 0.05) is 31.0 Å². The van der Waals surface area contributed by atoms with Crippen LogP contribution in [0.15, 0.2) is 36.4 Å². The van der Waals surface area contributed by atoms with Crippen molar-refractivity contribution in [2.45, 2.75) is 20.3 Å². The number of aryl methyl sites for hydroxylation is 2. The molecular weight excluding hydrogens is 456 g/mol. The zero-order valence-electron chi connectivity index (χ0n) is 20.4. The highest BCUT2D eigenvalue weighted by molar-refractivity contribution is 5.69. The molecule has 0 bridgehead atoms. The van der Waals surface area contributed by atoms with Crippen molar-refractivity contribution in [2.24, 2.45) is 0 Å². The third-order valence-electron chi connectivity index (χ3n) is 5.72. The minimum Gasteiger partial charge on any atom is -0.463 e. The maximum atomic E-state index is 9.04. The number of morpholine rings is 1. The molecule has 0 unspecified atom stereocenters. The van der Waals surface area contributed by atoms with E-state index in [-0.39, 0.29) is 6.01 Å². The molecule has 0 radical (unpaired) electrons. The molecule has 0 saturated carbocycles. The van der Waals surface area contributed by atoms with Gasteiger partial charge < -0.3 is 20.1 Å². The number of nitrogens with zero attached hydrogens (tertiary/aromatic N) is 6. The normalized spacial score (nSPS) is 13.4. The number of anilines is 4. The summed E-state index contributed by atoms with van der Waals surface area (Å²) in [7, 11) is 0. The predicted molar refractivity (Wildman–Crippen MR) is 137 cm³/mol. The van der Waals surface area contributed by atoms with Crippen LogP contribution in [0.4, 0.5) is 29.0 Å². The summed E-state index contributed by atoms with van der Waals surface area (Å²) in [5, 5.41) is 15.5. The number of hydrogen-bond donors (Lipinski definition) is 2. The van der Waals surface area contributed by atoms with Gasteiger partial charge >= 0.3 is 6.01 Å². The van der Waals surface area contributed by atoms with Crippen molar-refractivity contribution in [1.29, 1.82) is 5.26 Å². The molecule has 36 heavy (non-hydrogen) atoms. The van der Waals surface area contributed by atoms with E-state index in [1.165, 1.54) is 0 Å². The van der Waals surface area contributed by atoms with E-state index in [1.807, 2.05) is 26.0 Å². The van der Waals surface area contributed by atoms with Gasteiger partial charge in [-0.1, -0.05) is 12.1 Å². The third-order valence-corrected chi connectivity index (χ3v) is 5.72. The van der Waals surface area contributed by atoms with Crippen molar-refractivity contribution in [2.75, 3.05) is 50.1 Å². The molecule has 0 amide bonds. The van der Waals surface area contributed by atoms with Gasteiger partial charge in [-0.3, -0.25) is 4.90 Å². The van der Waals surface area contributed by atoms with Crippen molar-refractivity contribution >= 4 is 29.0 Å². The maximum Gasteiger partial charge on any atom is 0.323 e. The smallest absolute Gasteiger partial charge is 0.323 e. The van der Waals surface area contributed by atoms with Gasteiger partial charge in [0.25, 0.3) is 0 Å². The van der Waals surface area contributed by atoms with Gasteiger partial charge in [-0.25, -0.2) is 4.85 Å². The van der Waals surface area contributed by atoms with Crippen LogP contribution < -0.4 is 15.4 Å².